The standard InChI is InChI=1S/C37H45NOS2/c1-3-5-6-9-24-38-33-17-8-7-14-31(33)27-32-34(38)23-22-30(37(32)39)21-20-29(36-19-12-26-41-36)16-10-15-28(13-4-2)35-18-11-25-40-35/h7-8,11-12,14,17-19,22-23,25-29H,3-6,9-10,13,15-16,20-21,24H2,1-2H3. The summed E-state index contributed by atoms with van der Waals surface area (Å²) < 4.78 is 2.39. The number of aryl methyl sites for hydroxylation is 2. The van der Waals surface area contributed by atoms with Gasteiger partial charge in [0.2, 0.25) is 0 Å². The molecule has 2 nitrogen and oxygen atoms in total. The third kappa shape index (κ3) is 7.40. The second kappa shape index (κ2) is 15.0. The Morgan fingerprint density at radius 1 is 0.707 bits per heavy atom. The maximum atomic E-state index is 13.9. The molecule has 0 amide bonds. The van der Waals surface area contributed by atoms with Crippen LogP contribution in [0.5, 0.6) is 0 Å². The molecule has 2 aliphatic rings. The topological polar surface area (TPSA) is 22.0 Å². The minimum absolute atomic E-state index is 0.223. The van der Waals surface area contributed by atoms with Crippen molar-refractivity contribution in [3.63, 3.8) is 0 Å². The van der Waals surface area contributed by atoms with Crippen LogP contribution in [-0.2, 0) is 13.0 Å². The molecule has 0 spiro atoms. The Bertz CT molecular complexity index is 1500. The van der Waals surface area contributed by atoms with E-state index in [0.717, 1.165) is 48.0 Å². The first kappa shape index (κ1) is 29.8. The van der Waals surface area contributed by atoms with Crippen LogP contribution >= 0.6 is 22.7 Å². The van der Waals surface area contributed by atoms with Crippen LogP contribution in [0.1, 0.15) is 105 Å². The van der Waals surface area contributed by atoms with Crippen molar-refractivity contribution in [2.45, 2.75) is 103 Å². The molecule has 2 aromatic heterocycles. The molecule has 1 aliphatic carbocycles. The van der Waals surface area contributed by atoms with E-state index in [9.17, 15) is 4.79 Å². The molecule has 2 atom stereocenters. The van der Waals surface area contributed by atoms with Crippen molar-refractivity contribution in [3.05, 3.63) is 103 Å². The summed E-state index contributed by atoms with van der Waals surface area (Å²) in [4.78, 5) is 16.9. The molecular weight excluding hydrogens is 539 g/mol. The van der Waals surface area contributed by atoms with Crippen molar-refractivity contribution in [2.75, 3.05) is 0 Å². The van der Waals surface area contributed by atoms with Crippen LogP contribution in [0.3, 0.4) is 0 Å². The van der Waals surface area contributed by atoms with Crippen molar-refractivity contribution in [3.8, 4) is 11.3 Å². The van der Waals surface area contributed by atoms with E-state index in [0.29, 0.717) is 11.8 Å². The van der Waals surface area contributed by atoms with Crippen molar-refractivity contribution in [2.24, 2.45) is 0 Å². The monoisotopic (exact) mass is 583 g/mol. The maximum Gasteiger partial charge on any atom is 0.191 e. The molecule has 0 saturated heterocycles. The van der Waals surface area contributed by atoms with Gasteiger partial charge in [-0.05, 0) is 96.8 Å². The molecule has 3 aromatic rings. The summed E-state index contributed by atoms with van der Waals surface area (Å²) in [5.74, 6) is 1.19. The third-order valence-electron chi connectivity index (χ3n) is 8.70. The number of hydrogen-bond acceptors (Lipinski definition) is 3. The Morgan fingerprint density at radius 2 is 1.44 bits per heavy atom. The summed E-state index contributed by atoms with van der Waals surface area (Å²) >= 11 is 3.79. The number of pyridine rings is 1. The largest absolute Gasteiger partial charge is 0.340 e. The highest BCUT2D eigenvalue weighted by molar-refractivity contribution is 7.10. The summed E-state index contributed by atoms with van der Waals surface area (Å²) in [5.41, 5.74) is 4.38. The summed E-state index contributed by atoms with van der Waals surface area (Å²) in [7, 11) is 0. The minimum Gasteiger partial charge on any atom is -0.340 e. The molecule has 5 rings (SSSR count). The lowest BCUT2D eigenvalue weighted by Crippen LogP contribution is -2.17. The number of benzene rings is 2. The Labute approximate surface area is 254 Å². The maximum absolute atomic E-state index is 13.9. The number of aromatic nitrogens is 1. The first-order valence-corrected chi connectivity index (χ1v) is 17.6. The first-order valence-electron chi connectivity index (χ1n) is 15.8. The van der Waals surface area contributed by atoms with Crippen LogP contribution in [0.2, 0.25) is 0 Å². The lowest BCUT2D eigenvalue weighted by atomic mass is 9.88. The molecule has 41 heavy (non-hydrogen) atoms. The number of rotatable bonds is 16. The Kier molecular flexibility index (Phi) is 10.9. The lowest BCUT2D eigenvalue weighted by molar-refractivity contribution is 0.492. The van der Waals surface area contributed by atoms with Gasteiger partial charge in [0.05, 0.1) is 5.69 Å². The van der Waals surface area contributed by atoms with E-state index in [4.69, 9.17) is 0 Å². The Hall–Kier alpha value is -2.69. The molecule has 2 unspecified atom stereocenters. The number of fused-ring (bicyclic) bond motifs is 2. The van der Waals surface area contributed by atoms with Crippen molar-refractivity contribution >= 4 is 33.6 Å². The van der Waals surface area contributed by atoms with E-state index in [2.05, 4.69) is 95.9 Å². The van der Waals surface area contributed by atoms with E-state index in [-0.39, 0.29) is 5.43 Å². The van der Waals surface area contributed by atoms with E-state index in [1.165, 1.54) is 61.8 Å². The molecule has 0 bridgehead atoms. The van der Waals surface area contributed by atoms with Gasteiger partial charge in [-0.3, -0.25) is 4.79 Å². The molecule has 0 N–H and O–H groups in total. The minimum atomic E-state index is 0.223. The zero-order valence-electron chi connectivity index (χ0n) is 24.8. The van der Waals surface area contributed by atoms with Crippen LogP contribution in [0.15, 0.2) is 82.3 Å². The zero-order valence-corrected chi connectivity index (χ0v) is 26.5. The number of hydrogen-bond donors (Lipinski definition) is 0. The quantitative estimate of drug-likeness (QED) is 0.0836. The lowest BCUT2D eigenvalue weighted by Gasteiger charge is -2.21. The fourth-order valence-corrected chi connectivity index (χ4v) is 8.28. The van der Waals surface area contributed by atoms with Gasteiger partial charge in [-0.25, -0.2) is 0 Å². The first-order chi connectivity index (χ1) is 20.2. The summed E-state index contributed by atoms with van der Waals surface area (Å²) in [6, 6.07) is 24.0. The second-order valence-corrected chi connectivity index (χ2v) is 13.5. The molecule has 216 valence electrons. The number of nitrogens with zero attached hydrogens (tertiary/aromatic N) is 1. The summed E-state index contributed by atoms with van der Waals surface area (Å²) in [6.45, 7) is 5.51. The average molecular weight is 584 g/mol. The third-order valence-corrected chi connectivity index (χ3v) is 10.8. The van der Waals surface area contributed by atoms with E-state index >= 15 is 0 Å². The molecule has 0 radical (unpaired) electrons. The van der Waals surface area contributed by atoms with Gasteiger partial charge in [0.25, 0.3) is 0 Å². The molecule has 1 aliphatic heterocycles. The molecule has 4 heteroatoms. The van der Waals surface area contributed by atoms with Crippen molar-refractivity contribution in [1.82, 2.24) is 4.57 Å². The number of para-hydroxylation sites is 1. The van der Waals surface area contributed by atoms with Gasteiger partial charge in [0, 0.05) is 32.9 Å². The molecule has 1 aromatic carbocycles. The predicted molar refractivity (Wildman–Crippen MR) is 180 cm³/mol. The van der Waals surface area contributed by atoms with Gasteiger partial charge >= 0.3 is 0 Å². The number of thiophene rings is 2. The second-order valence-electron chi connectivity index (χ2n) is 11.6. The predicted octanol–water partition coefficient (Wildman–Crippen LogP) is 11.3. The molecule has 3 heterocycles. The Morgan fingerprint density at radius 3 is 2.12 bits per heavy atom. The summed E-state index contributed by atoms with van der Waals surface area (Å²) in [6.07, 6.45) is 12.9. The van der Waals surface area contributed by atoms with Gasteiger partial charge in [-0.2, -0.15) is 0 Å². The van der Waals surface area contributed by atoms with Gasteiger partial charge < -0.3 is 4.57 Å². The van der Waals surface area contributed by atoms with Gasteiger partial charge in [0.1, 0.15) is 0 Å². The fraction of sp³-hybridized carbons (Fsp3) is 0.432. The van der Waals surface area contributed by atoms with Crippen LogP contribution < -0.4 is 5.43 Å². The SMILES string of the molecule is CCCCCCn1c2ccc(CCC(CCCC(CCC)c3cccs3)c3cccs3)c(=O)c-2cc2ccccc21. The molecule has 0 fully saturated rings. The number of unbranched alkanes of at least 4 members (excludes halogenated alkanes) is 3. The van der Waals surface area contributed by atoms with Crippen LogP contribution in [0.25, 0.3) is 22.2 Å². The summed E-state index contributed by atoms with van der Waals surface area (Å²) in [5, 5.41) is 5.58. The van der Waals surface area contributed by atoms with Gasteiger partial charge in [-0.1, -0.05) is 82.3 Å². The van der Waals surface area contributed by atoms with Crippen molar-refractivity contribution in [1.29, 1.82) is 0 Å². The van der Waals surface area contributed by atoms with Crippen LogP contribution in [0.4, 0.5) is 0 Å². The average Bonchev–Trinajstić information content (AvgIpc) is 3.73. The highest BCUT2D eigenvalue weighted by Gasteiger charge is 2.19. The molecule has 0 saturated carbocycles. The van der Waals surface area contributed by atoms with E-state index < -0.39 is 0 Å². The van der Waals surface area contributed by atoms with Gasteiger partial charge in [-0.15, -0.1) is 22.7 Å². The van der Waals surface area contributed by atoms with Crippen LogP contribution in [0, 0.1) is 0 Å². The normalized spacial score (nSPS) is 13.2. The van der Waals surface area contributed by atoms with Crippen LogP contribution in [-0.4, -0.2) is 4.57 Å². The van der Waals surface area contributed by atoms with E-state index in [1.807, 2.05) is 22.7 Å². The smallest absolute Gasteiger partial charge is 0.191 e. The van der Waals surface area contributed by atoms with E-state index in [1.54, 1.807) is 4.88 Å². The van der Waals surface area contributed by atoms with Crippen molar-refractivity contribution < 1.29 is 0 Å². The Balaban J connectivity index is 1.33. The van der Waals surface area contributed by atoms with Gasteiger partial charge in [0.15, 0.2) is 5.43 Å². The highest BCUT2D eigenvalue weighted by Crippen LogP contribution is 2.35. The highest BCUT2D eigenvalue weighted by atomic mass is 32.1. The molecular formula is C37H45NOS2. The fourth-order valence-electron chi connectivity index (χ4n) is 6.48. The zero-order chi connectivity index (χ0) is 28.4.